The van der Waals surface area contributed by atoms with Crippen LogP contribution < -0.4 is 10.6 Å². The number of carbonyl (C=O) groups excluding carboxylic acids is 3. The number of rotatable bonds is 12. The molecule has 0 aliphatic carbocycles. The average Bonchev–Trinajstić information content (AvgIpc) is 3.32. The molecular weight excluding hydrogens is 555 g/mol. The molecule has 11 nitrogen and oxygen atoms in total. The third kappa shape index (κ3) is 6.47. The van der Waals surface area contributed by atoms with Crippen molar-refractivity contribution in [3.63, 3.8) is 0 Å². The number of imidazole rings is 1. The molecule has 40 heavy (non-hydrogen) atoms. The molecule has 2 aliphatic rings. The van der Waals surface area contributed by atoms with Crippen molar-refractivity contribution in [2.24, 2.45) is 0 Å². The van der Waals surface area contributed by atoms with E-state index in [4.69, 9.17) is 4.74 Å². The van der Waals surface area contributed by atoms with Gasteiger partial charge in [-0.1, -0.05) is 24.3 Å². The molecule has 2 amide bonds. The monoisotopic (exact) mass is 581 g/mol. The lowest BCUT2D eigenvalue weighted by molar-refractivity contribution is -0.151. The average molecular weight is 582 g/mol. The molecule has 0 radical (unpaired) electrons. The number of aromatic nitrogens is 2. The molecule has 2 aromatic rings. The number of hydrogen-bond donors (Lipinski definition) is 3. The number of halogens is 3. The van der Waals surface area contributed by atoms with Gasteiger partial charge >= 0.3 is 11.9 Å². The first-order chi connectivity index (χ1) is 19.1. The number of carboxylic acid groups (broad SMARTS) is 1. The zero-order chi connectivity index (χ0) is 29.0. The van der Waals surface area contributed by atoms with Crippen molar-refractivity contribution < 1.29 is 42.2 Å². The number of alkyl halides is 2. The highest BCUT2D eigenvalue weighted by molar-refractivity contribution is 8.00. The Balaban J connectivity index is 1.32. The molecule has 3 heterocycles. The number of hydrogen-bond acceptors (Lipinski definition) is 8. The standard InChI is InChI=1S/C25H26F3N5O6S/c1-13(34)39-10-16-11-40-24-20(23(36)33(24)21(16)25(37)38)31-18(35)8-14-2-4-15(5-3-14)19(22(27)28)30-6-7-32-12-29-9-17(32)26/h2-5,9,12,19-20,22,24,30H,6-8,10-11H2,1H3,(H,31,35)(H,37,38). The van der Waals surface area contributed by atoms with Crippen LogP contribution in [0.25, 0.3) is 0 Å². The van der Waals surface area contributed by atoms with E-state index < -0.39 is 53.6 Å². The van der Waals surface area contributed by atoms with Gasteiger partial charge in [0.1, 0.15) is 23.7 Å². The molecule has 15 heteroatoms. The smallest absolute Gasteiger partial charge is 0.352 e. The van der Waals surface area contributed by atoms with Gasteiger partial charge in [0.05, 0.1) is 25.0 Å². The van der Waals surface area contributed by atoms with Crippen LogP contribution in [0.2, 0.25) is 0 Å². The number of β-lactam (4-membered cyclic amide) rings is 1. The van der Waals surface area contributed by atoms with Crippen molar-refractivity contribution in [1.29, 1.82) is 0 Å². The summed E-state index contributed by atoms with van der Waals surface area (Å²) in [6, 6.07) is 3.74. The number of fused-ring (bicyclic) bond motifs is 1. The Morgan fingerprint density at radius 2 is 1.98 bits per heavy atom. The first kappa shape index (κ1) is 29.1. The number of ether oxygens (including phenoxy) is 1. The minimum absolute atomic E-state index is 0.0715. The van der Waals surface area contributed by atoms with Gasteiger partial charge in [0.2, 0.25) is 11.9 Å². The number of carbonyl (C=O) groups is 4. The fourth-order valence-electron chi connectivity index (χ4n) is 4.40. The van der Waals surface area contributed by atoms with Gasteiger partial charge in [0, 0.05) is 31.3 Å². The molecule has 3 N–H and O–H groups in total. The lowest BCUT2D eigenvalue weighted by Gasteiger charge is -2.49. The molecular formula is C25H26F3N5O6S. The summed E-state index contributed by atoms with van der Waals surface area (Å²) in [5.41, 5.74) is 0.830. The molecule has 0 saturated carbocycles. The number of nitrogens with one attached hydrogen (secondary N) is 2. The van der Waals surface area contributed by atoms with E-state index in [2.05, 4.69) is 15.6 Å². The SMILES string of the molecule is CC(=O)OCC1=C(C(=O)O)N2C(=O)C(NC(=O)Cc3ccc(C(NCCn4cncc4F)C(F)F)cc3)C2SC1. The van der Waals surface area contributed by atoms with Gasteiger partial charge < -0.3 is 25.0 Å². The minimum Gasteiger partial charge on any atom is -0.477 e. The highest BCUT2D eigenvalue weighted by Gasteiger charge is 2.54. The predicted octanol–water partition coefficient (Wildman–Crippen LogP) is 1.46. The van der Waals surface area contributed by atoms with Crippen LogP contribution >= 0.6 is 11.8 Å². The Hall–Kier alpha value is -3.85. The molecule has 4 rings (SSSR count). The van der Waals surface area contributed by atoms with Crippen molar-refractivity contribution in [2.75, 3.05) is 18.9 Å². The summed E-state index contributed by atoms with van der Waals surface area (Å²) in [5.74, 6) is -3.38. The summed E-state index contributed by atoms with van der Waals surface area (Å²) >= 11 is 1.24. The molecule has 3 atom stereocenters. The summed E-state index contributed by atoms with van der Waals surface area (Å²) in [6.07, 6.45) is -0.575. The van der Waals surface area contributed by atoms with Gasteiger partial charge in [-0.15, -0.1) is 11.8 Å². The van der Waals surface area contributed by atoms with Crippen molar-refractivity contribution in [3.05, 3.63) is 65.1 Å². The van der Waals surface area contributed by atoms with Gasteiger partial charge in [-0.25, -0.2) is 18.6 Å². The number of carboxylic acids is 1. The highest BCUT2D eigenvalue weighted by Crippen LogP contribution is 2.40. The normalized spacial score (nSPS) is 19.2. The Bertz CT molecular complexity index is 1320. The molecule has 1 fully saturated rings. The molecule has 0 bridgehead atoms. The molecule has 1 aromatic carbocycles. The van der Waals surface area contributed by atoms with E-state index >= 15 is 0 Å². The lowest BCUT2D eigenvalue weighted by Crippen LogP contribution is -2.70. The second kappa shape index (κ2) is 12.6. The van der Waals surface area contributed by atoms with E-state index in [1.807, 2.05) is 0 Å². The van der Waals surface area contributed by atoms with Crippen LogP contribution in [-0.2, 0) is 36.9 Å². The van der Waals surface area contributed by atoms with E-state index in [0.29, 0.717) is 5.56 Å². The Kier molecular flexibility index (Phi) is 9.14. The highest BCUT2D eigenvalue weighted by atomic mass is 32.2. The largest absolute Gasteiger partial charge is 0.477 e. The fraction of sp³-hybridized carbons (Fsp3) is 0.400. The molecule has 1 saturated heterocycles. The number of benzene rings is 1. The first-order valence-corrected chi connectivity index (χ1v) is 13.2. The van der Waals surface area contributed by atoms with Gasteiger partial charge in [0.15, 0.2) is 0 Å². The molecule has 3 unspecified atom stereocenters. The second-order valence-corrected chi connectivity index (χ2v) is 10.2. The van der Waals surface area contributed by atoms with Crippen molar-refractivity contribution >= 4 is 35.5 Å². The fourth-order valence-corrected chi connectivity index (χ4v) is 5.73. The first-order valence-electron chi connectivity index (χ1n) is 12.2. The predicted molar refractivity (Wildman–Crippen MR) is 135 cm³/mol. The van der Waals surface area contributed by atoms with Gasteiger partial charge in [-0.3, -0.25) is 19.3 Å². The number of aliphatic carboxylic acids is 1. The zero-order valence-corrected chi connectivity index (χ0v) is 22.0. The van der Waals surface area contributed by atoms with E-state index in [1.165, 1.54) is 53.8 Å². The maximum atomic E-state index is 13.7. The molecule has 214 valence electrons. The Morgan fingerprint density at radius 3 is 2.58 bits per heavy atom. The van der Waals surface area contributed by atoms with Crippen LogP contribution in [0.4, 0.5) is 13.2 Å². The molecule has 0 spiro atoms. The zero-order valence-electron chi connectivity index (χ0n) is 21.2. The topological polar surface area (TPSA) is 143 Å². The third-order valence-corrected chi connectivity index (χ3v) is 7.69. The number of esters is 1. The second-order valence-electron chi connectivity index (χ2n) is 9.09. The lowest BCUT2D eigenvalue weighted by atomic mass is 10.0. The van der Waals surface area contributed by atoms with Gasteiger partial charge in [0.25, 0.3) is 12.3 Å². The quantitative estimate of drug-likeness (QED) is 0.251. The summed E-state index contributed by atoms with van der Waals surface area (Å²) in [7, 11) is 0. The van der Waals surface area contributed by atoms with E-state index in [0.717, 1.165) is 11.1 Å². The number of thioether (sulfide) groups is 1. The van der Waals surface area contributed by atoms with Crippen LogP contribution in [0.5, 0.6) is 0 Å². The summed E-state index contributed by atoms with van der Waals surface area (Å²) in [4.78, 5) is 53.0. The third-order valence-electron chi connectivity index (χ3n) is 6.35. The molecule has 1 aromatic heterocycles. The van der Waals surface area contributed by atoms with E-state index in [9.17, 15) is 37.5 Å². The summed E-state index contributed by atoms with van der Waals surface area (Å²) in [5, 5.41) is 14.3. The maximum Gasteiger partial charge on any atom is 0.352 e. The van der Waals surface area contributed by atoms with Gasteiger partial charge in [-0.05, 0) is 11.1 Å². The number of nitrogens with zero attached hydrogens (tertiary/aromatic N) is 3. The number of amides is 2. The van der Waals surface area contributed by atoms with Crippen LogP contribution in [-0.4, -0.2) is 80.1 Å². The van der Waals surface area contributed by atoms with Crippen LogP contribution in [0.15, 0.2) is 48.1 Å². The summed E-state index contributed by atoms with van der Waals surface area (Å²) in [6.45, 7) is 1.12. The van der Waals surface area contributed by atoms with Gasteiger partial charge in [-0.2, -0.15) is 4.39 Å². The Labute approximate surface area is 230 Å². The maximum absolute atomic E-state index is 13.7. The van der Waals surface area contributed by atoms with Crippen molar-refractivity contribution in [2.45, 2.75) is 43.8 Å². The molecule has 2 aliphatic heterocycles. The Morgan fingerprint density at radius 1 is 1.25 bits per heavy atom. The van der Waals surface area contributed by atoms with Crippen molar-refractivity contribution in [3.8, 4) is 0 Å². The van der Waals surface area contributed by atoms with Crippen LogP contribution in [0.3, 0.4) is 0 Å². The van der Waals surface area contributed by atoms with Crippen LogP contribution in [0, 0.1) is 5.95 Å². The van der Waals surface area contributed by atoms with E-state index in [1.54, 1.807) is 0 Å². The summed E-state index contributed by atoms with van der Waals surface area (Å²) < 4.78 is 46.9. The minimum atomic E-state index is -2.73. The van der Waals surface area contributed by atoms with E-state index in [-0.39, 0.29) is 48.7 Å². The van der Waals surface area contributed by atoms with Crippen LogP contribution in [0.1, 0.15) is 24.1 Å². The van der Waals surface area contributed by atoms with Crippen molar-refractivity contribution in [1.82, 2.24) is 25.1 Å².